The van der Waals surface area contributed by atoms with Crippen molar-refractivity contribution in [3.8, 4) is 0 Å². The van der Waals surface area contributed by atoms with Crippen molar-refractivity contribution in [3.63, 3.8) is 0 Å². The Morgan fingerprint density at radius 2 is 1.77 bits per heavy atom. The van der Waals surface area contributed by atoms with E-state index in [0.29, 0.717) is 0 Å². The second-order valence-electron chi connectivity index (χ2n) is 4.16. The van der Waals surface area contributed by atoms with Gasteiger partial charge in [0.2, 0.25) is 0 Å². The summed E-state index contributed by atoms with van der Waals surface area (Å²) >= 11 is 0. The van der Waals surface area contributed by atoms with Gasteiger partial charge in [-0.1, -0.05) is 19.1 Å². The Morgan fingerprint density at radius 1 is 1.23 bits per heavy atom. The molecule has 0 heterocycles. The molecule has 0 bridgehead atoms. The van der Waals surface area contributed by atoms with Crippen LogP contribution in [0.1, 0.15) is 12.8 Å². The Bertz CT molecular complexity index is 145. The van der Waals surface area contributed by atoms with Crippen molar-refractivity contribution < 1.29 is 13.2 Å². The van der Waals surface area contributed by atoms with E-state index in [1.165, 1.54) is 0 Å². The predicted molar refractivity (Wildman–Crippen MR) is 51.5 cm³/mol. The first-order valence-electron chi connectivity index (χ1n) is 4.48. The lowest BCUT2D eigenvalue weighted by molar-refractivity contribution is -0.134. The molecule has 1 N–H and O–H groups in total. The molecule has 0 spiro atoms. The van der Waals surface area contributed by atoms with Gasteiger partial charge in [0.15, 0.2) is 0 Å². The van der Waals surface area contributed by atoms with Crippen molar-refractivity contribution >= 4 is 8.07 Å². The molecule has 0 aliphatic carbocycles. The summed E-state index contributed by atoms with van der Waals surface area (Å²) in [4.78, 5) is 0. The molecule has 5 heteroatoms. The van der Waals surface area contributed by atoms with Crippen LogP contribution in [0.25, 0.3) is 0 Å². The van der Waals surface area contributed by atoms with E-state index in [9.17, 15) is 13.2 Å². The zero-order valence-electron chi connectivity index (χ0n) is 8.46. The van der Waals surface area contributed by atoms with E-state index >= 15 is 0 Å². The van der Waals surface area contributed by atoms with Crippen molar-refractivity contribution in [1.82, 2.24) is 5.32 Å². The normalized spacial score (nSPS) is 13.4. The Balaban J connectivity index is 3.63. The Hall–Kier alpha value is -0.0331. The van der Waals surface area contributed by atoms with Gasteiger partial charge in [-0.05, 0) is 19.6 Å². The summed E-state index contributed by atoms with van der Waals surface area (Å²) in [7, 11) is 0.432. The maximum Gasteiger partial charge on any atom is 0.389 e. The van der Waals surface area contributed by atoms with E-state index in [-0.39, 0.29) is 6.42 Å². The molecular weight excluding hydrogens is 195 g/mol. The largest absolute Gasteiger partial charge is 0.389 e. The highest BCUT2D eigenvalue weighted by Gasteiger charge is 2.28. The second kappa shape index (κ2) is 5.00. The molecule has 0 rings (SSSR count). The number of nitrogens with one attached hydrogen (secondary N) is 1. The molecule has 0 aliphatic heterocycles. The molecule has 0 amide bonds. The zero-order chi connectivity index (χ0) is 10.5. The summed E-state index contributed by atoms with van der Waals surface area (Å²) in [6, 6.07) is 0.743. The number of halogens is 3. The van der Waals surface area contributed by atoms with E-state index in [1.54, 1.807) is 0 Å². The van der Waals surface area contributed by atoms with E-state index in [2.05, 4.69) is 18.4 Å². The minimum atomic E-state index is -3.98. The van der Waals surface area contributed by atoms with Crippen LogP contribution in [0, 0.1) is 0 Å². The lowest BCUT2D eigenvalue weighted by Gasteiger charge is -2.21. The van der Waals surface area contributed by atoms with Gasteiger partial charge in [-0.25, -0.2) is 0 Å². The summed E-state index contributed by atoms with van der Waals surface area (Å²) in [6.07, 6.45) is -3.44. The molecule has 0 saturated carbocycles. The van der Waals surface area contributed by atoms with Gasteiger partial charge in [-0.3, -0.25) is 0 Å². The maximum absolute atomic E-state index is 11.8. The van der Waals surface area contributed by atoms with Crippen LogP contribution in [0.2, 0.25) is 19.1 Å². The molecule has 0 saturated heterocycles. The van der Waals surface area contributed by atoms with Crippen LogP contribution in [0.15, 0.2) is 0 Å². The van der Waals surface area contributed by atoms with Gasteiger partial charge in [0, 0.05) is 6.42 Å². The molecule has 0 atom stereocenters. The zero-order valence-corrected chi connectivity index (χ0v) is 9.46. The monoisotopic (exact) mass is 213 g/mol. The van der Waals surface area contributed by atoms with Crippen LogP contribution in [0.3, 0.4) is 0 Å². The third kappa shape index (κ3) is 8.30. The van der Waals surface area contributed by atoms with Gasteiger partial charge in [-0.2, -0.15) is 13.2 Å². The molecule has 80 valence electrons. The van der Waals surface area contributed by atoms with Gasteiger partial charge in [0.05, 0.1) is 8.07 Å². The maximum atomic E-state index is 11.8. The molecule has 13 heavy (non-hydrogen) atoms. The number of alkyl halides is 3. The third-order valence-electron chi connectivity index (χ3n) is 1.97. The van der Waals surface area contributed by atoms with E-state index in [4.69, 9.17) is 0 Å². The van der Waals surface area contributed by atoms with Crippen LogP contribution in [0.5, 0.6) is 0 Å². The predicted octanol–water partition coefficient (Wildman–Crippen LogP) is 2.80. The molecule has 0 fully saturated rings. The lowest BCUT2D eigenvalue weighted by Crippen LogP contribution is -2.38. The van der Waals surface area contributed by atoms with Gasteiger partial charge < -0.3 is 5.32 Å². The number of rotatable bonds is 5. The van der Waals surface area contributed by atoms with Gasteiger partial charge in [-0.15, -0.1) is 0 Å². The van der Waals surface area contributed by atoms with E-state index in [0.717, 1.165) is 12.2 Å². The third-order valence-corrected chi connectivity index (χ3v) is 4.99. The molecule has 0 aromatic rings. The number of hydrogen-bond donors (Lipinski definition) is 1. The average Bonchev–Trinajstić information content (AvgIpc) is 1.82. The topological polar surface area (TPSA) is 12.0 Å². The van der Waals surface area contributed by atoms with E-state index < -0.39 is 20.7 Å². The smallest absolute Gasteiger partial charge is 0.322 e. The molecule has 0 aliphatic rings. The highest BCUT2D eigenvalue weighted by Crippen LogP contribution is 2.24. The minimum Gasteiger partial charge on any atom is -0.322 e. The fraction of sp³-hybridized carbons (Fsp3) is 1.00. The number of hydrogen-bond acceptors (Lipinski definition) is 1. The van der Waals surface area contributed by atoms with Crippen molar-refractivity contribution in [2.75, 3.05) is 13.2 Å². The molecule has 0 aromatic carbocycles. The van der Waals surface area contributed by atoms with Crippen LogP contribution in [0.4, 0.5) is 13.2 Å². The van der Waals surface area contributed by atoms with Gasteiger partial charge in [0.25, 0.3) is 0 Å². The van der Waals surface area contributed by atoms with Crippen LogP contribution < -0.4 is 5.32 Å². The SMILES string of the molecule is CNC[Si](C)(C)CCCC(F)(F)F. The first-order chi connectivity index (χ1) is 5.77. The fourth-order valence-electron chi connectivity index (χ4n) is 1.33. The summed E-state index contributed by atoms with van der Waals surface area (Å²) in [5, 5.41) is 3.04. The van der Waals surface area contributed by atoms with Gasteiger partial charge in [0.1, 0.15) is 0 Å². The van der Waals surface area contributed by atoms with Crippen LogP contribution in [-0.2, 0) is 0 Å². The van der Waals surface area contributed by atoms with Crippen LogP contribution >= 0.6 is 0 Å². The lowest BCUT2D eigenvalue weighted by atomic mass is 10.3. The summed E-state index contributed by atoms with van der Waals surface area (Å²) in [6.45, 7) is 4.22. The quantitative estimate of drug-likeness (QED) is 0.692. The Morgan fingerprint density at radius 3 is 2.15 bits per heavy atom. The second-order valence-corrected chi connectivity index (χ2v) is 9.35. The van der Waals surface area contributed by atoms with Crippen molar-refractivity contribution in [2.24, 2.45) is 0 Å². The van der Waals surface area contributed by atoms with Crippen molar-refractivity contribution in [1.29, 1.82) is 0 Å². The molecule has 0 unspecified atom stereocenters. The highest BCUT2D eigenvalue weighted by atomic mass is 28.3. The van der Waals surface area contributed by atoms with Gasteiger partial charge >= 0.3 is 6.18 Å². The fourth-order valence-corrected chi connectivity index (χ4v) is 3.60. The van der Waals surface area contributed by atoms with Crippen LogP contribution in [-0.4, -0.2) is 27.5 Å². The standard InChI is InChI=1S/C8H18F3NSi/c1-12-7-13(2,3)6-4-5-8(9,10)11/h12H,4-7H2,1-3H3. The minimum absolute atomic E-state index is 0.282. The van der Waals surface area contributed by atoms with Crippen molar-refractivity contribution in [3.05, 3.63) is 0 Å². The van der Waals surface area contributed by atoms with E-state index in [1.807, 2.05) is 7.05 Å². The first kappa shape index (κ1) is 13.0. The molecule has 0 aromatic heterocycles. The Labute approximate surface area is 78.7 Å². The first-order valence-corrected chi connectivity index (χ1v) is 7.90. The molecule has 0 radical (unpaired) electrons. The molecular formula is C8H18F3NSi. The summed E-state index contributed by atoms with van der Waals surface area (Å²) < 4.78 is 35.4. The summed E-state index contributed by atoms with van der Waals surface area (Å²) in [5.41, 5.74) is 0. The Kier molecular flexibility index (Phi) is 4.99. The average molecular weight is 213 g/mol. The molecule has 1 nitrogen and oxygen atoms in total. The highest BCUT2D eigenvalue weighted by molar-refractivity contribution is 6.77. The van der Waals surface area contributed by atoms with Crippen molar-refractivity contribution in [2.45, 2.75) is 38.2 Å². The summed E-state index contributed by atoms with van der Waals surface area (Å²) in [5.74, 6) is 0.